The van der Waals surface area contributed by atoms with E-state index in [1.165, 1.54) is 19.3 Å². The van der Waals surface area contributed by atoms with Crippen molar-refractivity contribution in [3.05, 3.63) is 65.1 Å². The first-order valence-corrected chi connectivity index (χ1v) is 7.15. The Morgan fingerprint density at radius 3 is 2.39 bits per heavy atom. The zero-order valence-corrected chi connectivity index (χ0v) is 12.4. The van der Waals surface area contributed by atoms with Gasteiger partial charge < -0.3 is 9.52 Å². The Kier molecular flexibility index (Phi) is 3.70. The van der Waals surface area contributed by atoms with Gasteiger partial charge in [-0.05, 0) is 19.1 Å². The number of rotatable bonds is 4. The van der Waals surface area contributed by atoms with Gasteiger partial charge in [0.1, 0.15) is 17.3 Å². The van der Waals surface area contributed by atoms with Crippen LogP contribution in [0.15, 0.2) is 52.7 Å². The monoisotopic (exact) mass is 310 g/mol. The third kappa shape index (κ3) is 2.50. The van der Waals surface area contributed by atoms with Gasteiger partial charge in [0.15, 0.2) is 0 Å². The van der Waals surface area contributed by atoms with E-state index in [0.717, 1.165) is 0 Å². The van der Waals surface area contributed by atoms with E-state index >= 15 is 0 Å². The van der Waals surface area contributed by atoms with Crippen molar-refractivity contribution in [2.24, 2.45) is 0 Å². The molecule has 0 bridgehead atoms. The summed E-state index contributed by atoms with van der Waals surface area (Å²) in [6.07, 6.45) is 1.39. The van der Waals surface area contributed by atoms with Gasteiger partial charge in [0.25, 0.3) is 0 Å². The van der Waals surface area contributed by atoms with Crippen LogP contribution in [-0.2, 0) is 9.59 Å². The van der Waals surface area contributed by atoms with Gasteiger partial charge in [-0.25, -0.2) is 0 Å². The minimum absolute atomic E-state index is 0.0336. The summed E-state index contributed by atoms with van der Waals surface area (Å²) in [5.41, 5.74) is 0.380. The molecule has 5 nitrogen and oxygen atoms in total. The van der Waals surface area contributed by atoms with Gasteiger partial charge in [-0.2, -0.15) is 0 Å². The Bertz CT molecular complexity index is 827. The van der Waals surface area contributed by atoms with Gasteiger partial charge in [-0.3, -0.25) is 14.4 Å². The molecule has 0 saturated carbocycles. The quantitative estimate of drug-likeness (QED) is 0.877. The number of hydrogen-bond donors (Lipinski definition) is 1. The van der Waals surface area contributed by atoms with E-state index in [0.29, 0.717) is 11.3 Å². The number of furan rings is 1. The summed E-state index contributed by atoms with van der Waals surface area (Å²) >= 11 is 0. The highest BCUT2D eigenvalue weighted by Crippen LogP contribution is 2.38. The van der Waals surface area contributed by atoms with Crippen molar-refractivity contribution >= 4 is 23.1 Å². The fourth-order valence-electron chi connectivity index (χ4n) is 2.83. The lowest BCUT2D eigenvalue weighted by molar-refractivity contribution is -0.117. The minimum atomic E-state index is -0.802. The summed E-state index contributed by atoms with van der Waals surface area (Å²) in [5.74, 6) is -2.36. The number of benzene rings is 1. The molecule has 0 fully saturated rings. The average Bonchev–Trinajstić information content (AvgIpc) is 3.06. The minimum Gasteiger partial charge on any atom is -0.507 e. The standard InChI is InChI=1S/C18H14O5/c1-10(19)9-13(14-7-4-8-23-14)15-16(20)11-5-2-3-6-12(11)17(21)18(15)22/h2-8,13,20H,9H2,1H3/t13-/m0/s1. The molecule has 3 rings (SSSR count). The lowest BCUT2D eigenvalue weighted by Crippen LogP contribution is -2.28. The molecule has 1 heterocycles. The first-order valence-electron chi connectivity index (χ1n) is 7.15. The number of fused-ring (bicyclic) bond motifs is 1. The highest BCUT2D eigenvalue weighted by atomic mass is 16.3. The number of allylic oxidation sites excluding steroid dienone is 1. The van der Waals surface area contributed by atoms with Crippen LogP contribution in [0.4, 0.5) is 0 Å². The summed E-state index contributed by atoms with van der Waals surface area (Å²) in [5, 5.41) is 10.5. The summed E-state index contributed by atoms with van der Waals surface area (Å²) in [4.78, 5) is 36.4. The van der Waals surface area contributed by atoms with Crippen LogP contribution < -0.4 is 0 Å². The van der Waals surface area contributed by atoms with Gasteiger partial charge in [-0.1, -0.05) is 24.3 Å². The highest BCUT2D eigenvalue weighted by Gasteiger charge is 2.38. The number of carbonyl (C=O) groups is 3. The van der Waals surface area contributed by atoms with Crippen LogP contribution in [0, 0.1) is 0 Å². The van der Waals surface area contributed by atoms with E-state index in [4.69, 9.17) is 4.42 Å². The van der Waals surface area contributed by atoms with Crippen molar-refractivity contribution in [2.75, 3.05) is 0 Å². The van der Waals surface area contributed by atoms with Crippen LogP contribution >= 0.6 is 0 Å². The van der Waals surface area contributed by atoms with E-state index in [9.17, 15) is 19.5 Å². The fourth-order valence-corrected chi connectivity index (χ4v) is 2.83. The van der Waals surface area contributed by atoms with Crippen LogP contribution in [-0.4, -0.2) is 22.5 Å². The van der Waals surface area contributed by atoms with Crippen molar-refractivity contribution < 1.29 is 23.9 Å². The molecule has 2 aromatic rings. The van der Waals surface area contributed by atoms with Gasteiger partial charge in [-0.15, -0.1) is 0 Å². The zero-order valence-electron chi connectivity index (χ0n) is 12.4. The first-order chi connectivity index (χ1) is 11.0. The normalized spacial score (nSPS) is 15.5. The zero-order chi connectivity index (χ0) is 16.6. The molecule has 0 spiro atoms. The Labute approximate surface area is 132 Å². The Hall–Kier alpha value is -2.95. The van der Waals surface area contributed by atoms with E-state index < -0.39 is 17.5 Å². The topological polar surface area (TPSA) is 84.6 Å². The van der Waals surface area contributed by atoms with Crippen molar-refractivity contribution in [3.63, 3.8) is 0 Å². The smallest absolute Gasteiger partial charge is 0.234 e. The molecule has 1 aliphatic rings. The molecule has 1 N–H and O–H groups in total. The highest BCUT2D eigenvalue weighted by molar-refractivity contribution is 6.52. The SMILES string of the molecule is CC(=O)C[C@H](C1=C(O)c2ccccc2C(=O)C1=O)c1ccco1. The summed E-state index contributed by atoms with van der Waals surface area (Å²) in [6.45, 7) is 1.39. The van der Waals surface area contributed by atoms with Crippen LogP contribution in [0.2, 0.25) is 0 Å². The van der Waals surface area contributed by atoms with Crippen molar-refractivity contribution in [3.8, 4) is 0 Å². The molecule has 1 atom stereocenters. The van der Waals surface area contributed by atoms with Crippen LogP contribution in [0.1, 0.15) is 40.9 Å². The second-order valence-electron chi connectivity index (χ2n) is 5.44. The number of carbonyl (C=O) groups excluding carboxylic acids is 3. The van der Waals surface area contributed by atoms with Gasteiger partial charge in [0.2, 0.25) is 11.6 Å². The molecule has 0 unspecified atom stereocenters. The maximum atomic E-state index is 12.5. The Morgan fingerprint density at radius 1 is 1.09 bits per heavy atom. The molecule has 5 heteroatoms. The van der Waals surface area contributed by atoms with Gasteiger partial charge >= 0.3 is 0 Å². The summed E-state index contributed by atoms with van der Waals surface area (Å²) in [6, 6.07) is 9.61. The number of Topliss-reactive ketones (excluding diaryl/α,β-unsaturated/α-hetero) is 3. The molecule has 0 saturated heterocycles. The summed E-state index contributed by atoms with van der Waals surface area (Å²) in [7, 11) is 0. The number of aliphatic hydroxyl groups excluding tert-OH is 1. The lowest BCUT2D eigenvalue weighted by Gasteiger charge is -2.22. The predicted octanol–water partition coefficient (Wildman–Crippen LogP) is 3.08. The molecule has 23 heavy (non-hydrogen) atoms. The number of hydrogen-bond acceptors (Lipinski definition) is 5. The average molecular weight is 310 g/mol. The van der Waals surface area contributed by atoms with Crippen molar-refractivity contribution in [1.29, 1.82) is 0 Å². The number of ketones is 3. The maximum absolute atomic E-state index is 12.5. The molecule has 0 radical (unpaired) electrons. The molecule has 1 aliphatic carbocycles. The van der Waals surface area contributed by atoms with E-state index in [2.05, 4.69) is 0 Å². The molecular weight excluding hydrogens is 296 g/mol. The second kappa shape index (κ2) is 5.68. The molecule has 0 aliphatic heterocycles. The third-order valence-electron chi connectivity index (χ3n) is 3.86. The lowest BCUT2D eigenvalue weighted by atomic mass is 9.79. The first kappa shape index (κ1) is 15.0. The maximum Gasteiger partial charge on any atom is 0.234 e. The Morgan fingerprint density at radius 2 is 1.78 bits per heavy atom. The third-order valence-corrected chi connectivity index (χ3v) is 3.86. The fraction of sp³-hybridized carbons (Fsp3) is 0.167. The van der Waals surface area contributed by atoms with Crippen molar-refractivity contribution in [2.45, 2.75) is 19.3 Å². The molecule has 1 aromatic heterocycles. The molecule has 116 valence electrons. The molecule has 1 aromatic carbocycles. The van der Waals surface area contributed by atoms with Gasteiger partial charge in [0.05, 0.1) is 17.8 Å². The van der Waals surface area contributed by atoms with E-state index in [1.54, 1.807) is 30.3 Å². The number of aliphatic hydroxyl groups is 1. The summed E-state index contributed by atoms with van der Waals surface area (Å²) < 4.78 is 5.31. The Balaban J connectivity index is 2.21. The molecule has 0 amide bonds. The van der Waals surface area contributed by atoms with Crippen LogP contribution in [0.25, 0.3) is 5.76 Å². The largest absolute Gasteiger partial charge is 0.507 e. The van der Waals surface area contributed by atoms with E-state index in [-0.39, 0.29) is 29.1 Å². The second-order valence-corrected chi connectivity index (χ2v) is 5.44. The predicted molar refractivity (Wildman–Crippen MR) is 82.1 cm³/mol. The van der Waals surface area contributed by atoms with Crippen molar-refractivity contribution in [1.82, 2.24) is 0 Å². The van der Waals surface area contributed by atoms with Gasteiger partial charge in [0, 0.05) is 17.5 Å². The van der Waals surface area contributed by atoms with Crippen LogP contribution in [0.5, 0.6) is 0 Å². The van der Waals surface area contributed by atoms with E-state index in [1.807, 2.05) is 0 Å². The van der Waals surface area contributed by atoms with Crippen LogP contribution in [0.3, 0.4) is 0 Å². The molecular formula is C18H14O5.